The second kappa shape index (κ2) is 7.04. The van der Waals surface area contributed by atoms with Crippen molar-refractivity contribution in [3.05, 3.63) is 23.8 Å². The minimum Gasteiger partial charge on any atom is -0.391 e. The summed E-state index contributed by atoms with van der Waals surface area (Å²) in [5.74, 6) is -2.68. The Morgan fingerprint density at radius 3 is 2.52 bits per heavy atom. The summed E-state index contributed by atoms with van der Waals surface area (Å²) in [5, 5.41) is 11.6. The highest BCUT2D eigenvalue weighted by Gasteiger charge is 2.80. The van der Waals surface area contributed by atoms with Crippen LogP contribution in [0.4, 0.5) is 4.39 Å². The quantitative estimate of drug-likeness (QED) is 0.544. The maximum Gasteiger partial charge on any atom is 0.200 e. The molecule has 1 saturated heterocycles. The summed E-state index contributed by atoms with van der Waals surface area (Å²) < 4.78 is 28.1. The van der Waals surface area contributed by atoms with Crippen molar-refractivity contribution in [1.82, 2.24) is 0 Å². The van der Waals surface area contributed by atoms with Gasteiger partial charge in [-0.05, 0) is 62.7 Å². The van der Waals surface area contributed by atoms with Crippen LogP contribution in [0.2, 0.25) is 0 Å². The molecule has 0 amide bonds. The van der Waals surface area contributed by atoms with Crippen LogP contribution in [-0.4, -0.2) is 56.2 Å². The van der Waals surface area contributed by atoms with Crippen LogP contribution in [0.1, 0.15) is 47.0 Å². The van der Waals surface area contributed by atoms with E-state index >= 15 is 4.39 Å². The fourth-order valence-corrected chi connectivity index (χ4v) is 8.71. The van der Waals surface area contributed by atoms with Crippen molar-refractivity contribution in [3.8, 4) is 0 Å². The van der Waals surface area contributed by atoms with Crippen LogP contribution in [0.25, 0.3) is 0 Å². The maximum atomic E-state index is 15.6. The third-order valence-corrected chi connectivity index (χ3v) is 10.5. The van der Waals surface area contributed by atoms with E-state index in [-0.39, 0.29) is 24.5 Å². The number of rotatable bonds is 2. The molecule has 0 spiro atoms. The fraction of sp³-hybridized carbons (Fsp3) is 0.750. The number of Topliss-reactive ketones (excluding diaryl/α,β-unsaturated/α-hetero) is 1. The van der Waals surface area contributed by atoms with Crippen LogP contribution in [0.15, 0.2) is 23.8 Å². The van der Waals surface area contributed by atoms with Gasteiger partial charge in [0.2, 0.25) is 5.78 Å². The molecule has 4 aliphatic carbocycles. The molecule has 0 radical (unpaired) electrons. The van der Waals surface area contributed by atoms with Gasteiger partial charge in [-0.1, -0.05) is 43.1 Å². The molecule has 0 aromatic carbocycles. The lowest BCUT2D eigenvalue weighted by molar-refractivity contribution is -0.222. The van der Waals surface area contributed by atoms with E-state index in [1.54, 1.807) is 26.8 Å². The average molecular weight is 522 g/mol. The first-order valence-electron chi connectivity index (χ1n) is 11.3. The zero-order valence-electron chi connectivity index (χ0n) is 18.9. The number of fused-ring (bicyclic) bond motifs is 7. The number of allylic oxidation sites excluding steroid dienone is 4. The van der Waals surface area contributed by atoms with E-state index in [4.69, 9.17) is 44.3 Å². The van der Waals surface area contributed by atoms with Gasteiger partial charge in [-0.2, -0.15) is 0 Å². The van der Waals surface area contributed by atoms with Crippen LogP contribution in [-0.2, 0) is 19.1 Å². The van der Waals surface area contributed by atoms with E-state index in [2.05, 4.69) is 0 Å². The first kappa shape index (κ1) is 24.2. The normalized spacial score (nSPS) is 52.1. The molecule has 0 bridgehead atoms. The van der Waals surface area contributed by atoms with Crippen molar-refractivity contribution < 1.29 is 28.6 Å². The molecular formula is C24H28Cl3FO5. The average Bonchev–Trinajstić information content (AvgIpc) is 3.11. The van der Waals surface area contributed by atoms with Crippen LogP contribution in [0.5, 0.6) is 0 Å². The van der Waals surface area contributed by atoms with Crippen molar-refractivity contribution in [1.29, 1.82) is 0 Å². The van der Waals surface area contributed by atoms with Gasteiger partial charge in [0.15, 0.2) is 22.0 Å². The van der Waals surface area contributed by atoms with E-state index in [1.165, 1.54) is 12.2 Å². The Labute approximate surface area is 207 Å². The highest BCUT2D eigenvalue weighted by Crippen LogP contribution is 2.73. The summed E-state index contributed by atoms with van der Waals surface area (Å²) in [6, 6.07) is 0. The Morgan fingerprint density at radius 1 is 1.21 bits per heavy atom. The third-order valence-electron chi connectivity index (χ3n) is 9.19. The summed E-state index contributed by atoms with van der Waals surface area (Å²) in [7, 11) is 0. The first-order chi connectivity index (χ1) is 15.1. The molecule has 3 saturated carbocycles. The largest absolute Gasteiger partial charge is 0.391 e. The molecule has 9 atom stereocenters. The number of hydrogen-bond donors (Lipinski definition) is 1. The number of carbonyl (C=O) groups is 2. The second-order valence-corrected chi connectivity index (χ2v) is 12.8. The van der Waals surface area contributed by atoms with E-state index in [0.29, 0.717) is 12.0 Å². The van der Waals surface area contributed by atoms with Gasteiger partial charge in [0.25, 0.3) is 0 Å². The minimum absolute atomic E-state index is 0.0227. The molecule has 0 aromatic heterocycles. The maximum absolute atomic E-state index is 15.6. The Morgan fingerprint density at radius 2 is 1.88 bits per heavy atom. The molecule has 1 heterocycles. The van der Waals surface area contributed by atoms with E-state index in [9.17, 15) is 14.7 Å². The second-order valence-electron chi connectivity index (χ2n) is 11.1. The SMILES string of the molecule is CC1(C)O[C@@H]2C[C@H]3[C@@H]4C[C@H](F)C5=CC(=O)C=C[C@]5(C)[C@@]4(Cl)[C@@H](O)C[C@]3(C)[C@]2(C(=O)C(Cl)Cl)O1. The topological polar surface area (TPSA) is 72.8 Å². The highest BCUT2D eigenvalue weighted by molar-refractivity contribution is 6.54. The summed E-state index contributed by atoms with van der Waals surface area (Å²) in [4.78, 5) is 22.9. The monoisotopic (exact) mass is 520 g/mol. The predicted molar refractivity (Wildman–Crippen MR) is 122 cm³/mol. The minimum atomic E-state index is -1.49. The number of alkyl halides is 4. The van der Waals surface area contributed by atoms with Gasteiger partial charge in [-0.25, -0.2) is 4.39 Å². The zero-order valence-corrected chi connectivity index (χ0v) is 21.2. The van der Waals surface area contributed by atoms with Crippen molar-refractivity contribution in [2.45, 2.75) is 86.4 Å². The van der Waals surface area contributed by atoms with Gasteiger partial charge < -0.3 is 14.6 Å². The smallest absolute Gasteiger partial charge is 0.200 e. The summed E-state index contributed by atoms with van der Waals surface area (Å²) >= 11 is 19.5. The Hall–Kier alpha value is -0.500. The lowest BCUT2D eigenvalue weighted by Crippen LogP contribution is -2.70. The van der Waals surface area contributed by atoms with Crippen LogP contribution < -0.4 is 0 Å². The molecule has 0 aromatic rings. The fourth-order valence-electron chi connectivity index (χ4n) is 7.90. The molecule has 4 fully saturated rings. The van der Waals surface area contributed by atoms with Gasteiger partial charge in [0.1, 0.15) is 6.17 Å². The molecule has 9 heteroatoms. The Bertz CT molecular complexity index is 997. The molecule has 33 heavy (non-hydrogen) atoms. The standard InChI is InChI=1S/C24H28Cl3FO5/c1-20(2)32-17-9-12-13-8-15(28)14-7-11(29)5-6-21(14,3)23(13,27)16(30)10-22(12,4)24(17,33-20)18(31)19(25)26/h5-7,12-13,15-17,19,30H,8-10H2,1-4H3/t12-,13-,15-,16-,17+,21-,22-,23-,24-/m0/s1. The van der Waals surface area contributed by atoms with Gasteiger partial charge in [0, 0.05) is 10.8 Å². The lowest BCUT2D eigenvalue weighted by atomic mass is 9.45. The Kier molecular flexibility index (Phi) is 5.17. The third kappa shape index (κ3) is 2.77. The summed E-state index contributed by atoms with van der Waals surface area (Å²) in [5.41, 5.74) is -3.21. The van der Waals surface area contributed by atoms with E-state index in [0.717, 1.165) is 0 Å². The highest BCUT2D eigenvalue weighted by atomic mass is 35.5. The van der Waals surface area contributed by atoms with Gasteiger partial charge in [-0.15, -0.1) is 11.6 Å². The number of halogens is 4. The van der Waals surface area contributed by atoms with Crippen LogP contribution in [0.3, 0.4) is 0 Å². The van der Waals surface area contributed by atoms with E-state index in [1.807, 2.05) is 6.92 Å². The van der Waals surface area contributed by atoms with Gasteiger partial charge in [-0.3, -0.25) is 9.59 Å². The summed E-state index contributed by atoms with van der Waals surface area (Å²) in [6.07, 6.45) is 1.66. The van der Waals surface area contributed by atoms with Crippen molar-refractivity contribution in [3.63, 3.8) is 0 Å². The predicted octanol–water partition coefficient (Wildman–Crippen LogP) is 4.45. The van der Waals surface area contributed by atoms with Crippen molar-refractivity contribution in [2.24, 2.45) is 22.7 Å². The number of aliphatic hydroxyl groups excluding tert-OH is 1. The molecule has 0 unspecified atom stereocenters. The number of ketones is 2. The zero-order chi connectivity index (χ0) is 24.4. The number of ether oxygens (including phenoxy) is 2. The molecule has 5 rings (SSSR count). The number of carbonyl (C=O) groups excluding carboxylic acids is 2. The number of hydrogen-bond acceptors (Lipinski definition) is 5. The van der Waals surface area contributed by atoms with Gasteiger partial charge in [0.05, 0.1) is 17.1 Å². The van der Waals surface area contributed by atoms with Crippen molar-refractivity contribution in [2.75, 3.05) is 0 Å². The number of aliphatic hydroxyl groups is 1. The molecular weight excluding hydrogens is 494 g/mol. The molecule has 5 nitrogen and oxygen atoms in total. The Balaban J connectivity index is 1.67. The lowest BCUT2D eigenvalue weighted by Gasteiger charge is -2.64. The molecule has 5 aliphatic rings. The molecule has 1 N–H and O–H groups in total. The molecule has 182 valence electrons. The van der Waals surface area contributed by atoms with Crippen molar-refractivity contribution >= 4 is 46.4 Å². The van der Waals surface area contributed by atoms with Crippen LogP contribution in [0, 0.1) is 22.7 Å². The van der Waals surface area contributed by atoms with Gasteiger partial charge >= 0.3 is 0 Å². The summed E-state index contributed by atoms with van der Waals surface area (Å²) in [6.45, 7) is 7.10. The first-order valence-corrected chi connectivity index (χ1v) is 12.6. The van der Waals surface area contributed by atoms with Crippen LogP contribution >= 0.6 is 34.8 Å². The van der Waals surface area contributed by atoms with E-state index < -0.39 is 62.0 Å². The molecule has 1 aliphatic heterocycles.